The summed E-state index contributed by atoms with van der Waals surface area (Å²) in [5.41, 5.74) is 1.69. The van der Waals surface area contributed by atoms with Gasteiger partial charge in [0.1, 0.15) is 17.8 Å². The number of rotatable bonds is 7. The molecule has 1 aromatic carbocycles. The van der Waals surface area contributed by atoms with E-state index in [4.69, 9.17) is 0 Å². The van der Waals surface area contributed by atoms with Crippen molar-refractivity contribution in [1.29, 1.82) is 0 Å². The summed E-state index contributed by atoms with van der Waals surface area (Å²) in [6.07, 6.45) is 4.75. The zero-order valence-electron chi connectivity index (χ0n) is 15.4. The lowest BCUT2D eigenvalue weighted by molar-refractivity contribution is 0.0948. The summed E-state index contributed by atoms with van der Waals surface area (Å²) in [4.78, 5) is 25.3. The van der Waals surface area contributed by atoms with Crippen molar-refractivity contribution in [3.05, 3.63) is 48.4 Å². The number of nitrogens with one attached hydrogen (secondary N) is 1. The highest BCUT2D eigenvalue weighted by atomic mass is 16.1. The number of piperazine rings is 1. The van der Waals surface area contributed by atoms with Crippen LogP contribution in [0.15, 0.2) is 42.7 Å². The average Bonchev–Trinajstić information content (AvgIpc) is 2.72. The van der Waals surface area contributed by atoms with E-state index in [1.165, 1.54) is 12.0 Å². The van der Waals surface area contributed by atoms with Crippen LogP contribution in [0.3, 0.4) is 0 Å². The fraction of sp³-hybridized carbons (Fsp3) is 0.450. The molecule has 6 heteroatoms. The lowest BCUT2D eigenvalue weighted by Gasteiger charge is -2.36. The van der Waals surface area contributed by atoms with E-state index in [1.807, 2.05) is 6.07 Å². The van der Waals surface area contributed by atoms with Gasteiger partial charge in [-0.15, -0.1) is 0 Å². The monoisotopic (exact) mass is 353 g/mol. The van der Waals surface area contributed by atoms with E-state index in [1.54, 1.807) is 6.07 Å². The van der Waals surface area contributed by atoms with E-state index < -0.39 is 0 Å². The zero-order chi connectivity index (χ0) is 18.2. The molecular formula is C20H27N5O. The van der Waals surface area contributed by atoms with E-state index in [0.29, 0.717) is 12.2 Å². The topological polar surface area (TPSA) is 61.4 Å². The van der Waals surface area contributed by atoms with Crippen molar-refractivity contribution >= 4 is 17.4 Å². The van der Waals surface area contributed by atoms with Crippen LogP contribution in [-0.2, 0) is 0 Å². The van der Waals surface area contributed by atoms with E-state index in [2.05, 4.69) is 56.3 Å². The van der Waals surface area contributed by atoms with Gasteiger partial charge in [-0.25, -0.2) is 9.97 Å². The number of amides is 1. The largest absolute Gasteiger partial charge is 0.368 e. The fourth-order valence-electron chi connectivity index (χ4n) is 3.14. The van der Waals surface area contributed by atoms with Crippen molar-refractivity contribution in [3.63, 3.8) is 0 Å². The molecule has 1 aromatic heterocycles. The minimum Gasteiger partial charge on any atom is -0.368 e. The van der Waals surface area contributed by atoms with Gasteiger partial charge in [0.2, 0.25) is 0 Å². The Labute approximate surface area is 155 Å². The number of carbonyl (C=O) groups excluding carboxylic acids is 1. The van der Waals surface area contributed by atoms with Gasteiger partial charge >= 0.3 is 0 Å². The SMILES string of the molecule is CCCCCNC(=O)c1cc(N2CCN(c3ccccc3)CC2)ncn1. The average molecular weight is 353 g/mol. The molecule has 0 bridgehead atoms. The lowest BCUT2D eigenvalue weighted by atomic mass is 10.2. The Morgan fingerprint density at radius 3 is 2.50 bits per heavy atom. The van der Waals surface area contributed by atoms with Crippen LogP contribution in [-0.4, -0.2) is 48.6 Å². The Hall–Kier alpha value is -2.63. The minimum atomic E-state index is -0.118. The third-order valence-corrected chi connectivity index (χ3v) is 4.68. The number of hydrogen-bond acceptors (Lipinski definition) is 5. The second-order valence-corrected chi connectivity index (χ2v) is 6.53. The first-order valence-electron chi connectivity index (χ1n) is 9.43. The van der Waals surface area contributed by atoms with Crippen LogP contribution in [0.2, 0.25) is 0 Å². The fourth-order valence-corrected chi connectivity index (χ4v) is 3.14. The van der Waals surface area contributed by atoms with Crippen molar-refractivity contribution in [2.45, 2.75) is 26.2 Å². The second-order valence-electron chi connectivity index (χ2n) is 6.53. The minimum absolute atomic E-state index is 0.118. The highest BCUT2D eigenvalue weighted by Crippen LogP contribution is 2.19. The Bertz CT molecular complexity index is 698. The van der Waals surface area contributed by atoms with E-state index in [-0.39, 0.29) is 5.91 Å². The molecule has 0 spiro atoms. The summed E-state index contributed by atoms with van der Waals surface area (Å²) in [5, 5.41) is 2.94. The maximum atomic E-state index is 12.3. The number of hydrogen-bond donors (Lipinski definition) is 1. The highest BCUT2D eigenvalue weighted by Gasteiger charge is 2.19. The molecule has 1 aliphatic heterocycles. The maximum absolute atomic E-state index is 12.3. The van der Waals surface area contributed by atoms with Gasteiger partial charge < -0.3 is 15.1 Å². The maximum Gasteiger partial charge on any atom is 0.270 e. The number of nitrogens with zero attached hydrogens (tertiary/aromatic N) is 4. The van der Waals surface area contributed by atoms with Gasteiger partial charge in [-0.05, 0) is 18.6 Å². The Morgan fingerprint density at radius 1 is 1.04 bits per heavy atom. The quantitative estimate of drug-likeness (QED) is 0.776. The summed E-state index contributed by atoms with van der Waals surface area (Å²) in [5.74, 6) is 0.707. The summed E-state index contributed by atoms with van der Waals surface area (Å²) in [6.45, 7) is 6.48. The van der Waals surface area contributed by atoms with Crippen LogP contribution >= 0.6 is 0 Å². The van der Waals surface area contributed by atoms with Crippen LogP contribution in [0.5, 0.6) is 0 Å². The molecule has 1 amide bonds. The third-order valence-electron chi connectivity index (χ3n) is 4.68. The van der Waals surface area contributed by atoms with Gasteiger partial charge in [-0.3, -0.25) is 4.79 Å². The molecule has 1 fully saturated rings. The van der Waals surface area contributed by atoms with Gasteiger partial charge in [-0.2, -0.15) is 0 Å². The normalized spacial score (nSPS) is 14.3. The number of benzene rings is 1. The summed E-state index contributed by atoms with van der Waals surface area (Å²) in [6, 6.07) is 12.3. The first-order chi connectivity index (χ1) is 12.8. The molecule has 1 N–H and O–H groups in total. The molecule has 3 rings (SSSR count). The first kappa shape index (κ1) is 18.2. The molecule has 0 atom stereocenters. The summed E-state index contributed by atoms with van der Waals surface area (Å²) in [7, 11) is 0. The lowest BCUT2D eigenvalue weighted by Crippen LogP contribution is -2.47. The number of carbonyl (C=O) groups is 1. The standard InChI is InChI=1S/C20H27N5O/c1-2-3-7-10-21-20(26)18-15-19(23-16-22-18)25-13-11-24(12-14-25)17-8-5-4-6-9-17/h4-6,8-9,15-16H,2-3,7,10-14H2,1H3,(H,21,26). The van der Waals surface area contributed by atoms with Crippen LogP contribution in [0.1, 0.15) is 36.7 Å². The number of anilines is 2. The van der Waals surface area contributed by atoms with Crippen molar-refractivity contribution in [2.24, 2.45) is 0 Å². The molecule has 2 aromatic rings. The van der Waals surface area contributed by atoms with Gasteiger partial charge in [0.15, 0.2) is 0 Å². The highest BCUT2D eigenvalue weighted by molar-refractivity contribution is 5.92. The molecule has 1 saturated heterocycles. The third kappa shape index (κ3) is 4.71. The van der Waals surface area contributed by atoms with Crippen LogP contribution in [0.25, 0.3) is 0 Å². The molecule has 0 saturated carbocycles. The number of aromatic nitrogens is 2. The molecule has 1 aliphatic rings. The Kier molecular flexibility index (Phi) is 6.41. The van der Waals surface area contributed by atoms with Crippen molar-refractivity contribution < 1.29 is 4.79 Å². The van der Waals surface area contributed by atoms with Crippen LogP contribution in [0.4, 0.5) is 11.5 Å². The Morgan fingerprint density at radius 2 is 1.77 bits per heavy atom. The van der Waals surface area contributed by atoms with Gasteiger partial charge in [0.05, 0.1) is 0 Å². The first-order valence-corrected chi connectivity index (χ1v) is 9.43. The van der Waals surface area contributed by atoms with Crippen molar-refractivity contribution in [1.82, 2.24) is 15.3 Å². The predicted octanol–water partition coefficient (Wildman–Crippen LogP) is 2.72. The molecule has 0 unspecified atom stereocenters. The van der Waals surface area contributed by atoms with E-state index in [0.717, 1.165) is 51.3 Å². The van der Waals surface area contributed by atoms with E-state index in [9.17, 15) is 4.79 Å². The molecule has 0 radical (unpaired) electrons. The van der Waals surface area contributed by atoms with Gasteiger partial charge in [-0.1, -0.05) is 38.0 Å². The van der Waals surface area contributed by atoms with Crippen molar-refractivity contribution in [2.75, 3.05) is 42.5 Å². The smallest absolute Gasteiger partial charge is 0.270 e. The van der Waals surface area contributed by atoms with Crippen LogP contribution in [0, 0.1) is 0 Å². The van der Waals surface area contributed by atoms with Gasteiger partial charge in [0, 0.05) is 44.5 Å². The Balaban J connectivity index is 1.56. The van der Waals surface area contributed by atoms with Crippen LogP contribution < -0.4 is 15.1 Å². The molecule has 0 aliphatic carbocycles. The molecular weight excluding hydrogens is 326 g/mol. The number of unbranched alkanes of at least 4 members (excludes halogenated alkanes) is 2. The number of para-hydroxylation sites is 1. The predicted molar refractivity (Wildman–Crippen MR) is 105 cm³/mol. The molecule has 138 valence electrons. The van der Waals surface area contributed by atoms with Crippen molar-refractivity contribution in [3.8, 4) is 0 Å². The van der Waals surface area contributed by atoms with E-state index >= 15 is 0 Å². The molecule has 2 heterocycles. The molecule has 26 heavy (non-hydrogen) atoms. The van der Waals surface area contributed by atoms with Gasteiger partial charge in [0.25, 0.3) is 5.91 Å². The second kappa shape index (κ2) is 9.17. The summed E-state index contributed by atoms with van der Waals surface area (Å²) >= 11 is 0. The zero-order valence-corrected chi connectivity index (χ0v) is 15.4. The summed E-state index contributed by atoms with van der Waals surface area (Å²) < 4.78 is 0. The molecule has 6 nitrogen and oxygen atoms in total.